The molecule has 2 aromatic rings. The van der Waals surface area contributed by atoms with Gasteiger partial charge in [-0.3, -0.25) is 4.57 Å². The predicted molar refractivity (Wildman–Crippen MR) is 80.1 cm³/mol. The van der Waals surface area contributed by atoms with Crippen molar-refractivity contribution in [3.63, 3.8) is 0 Å². The summed E-state index contributed by atoms with van der Waals surface area (Å²) in [5.41, 5.74) is 2.22. The first-order valence-corrected chi connectivity index (χ1v) is 7.26. The number of benzene rings is 1. The summed E-state index contributed by atoms with van der Waals surface area (Å²) in [6, 6.07) is 9.46. The SMILES string of the molecule is CC(CC1CCCN1)Nc1cccc(-n2cnnc2)c1. The average molecular weight is 271 g/mol. The molecule has 1 aromatic heterocycles. The Hall–Kier alpha value is -1.88. The number of anilines is 1. The zero-order chi connectivity index (χ0) is 13.8. The van der Waals surface area contributed by atoms with Gasteiger partial charge >= 0.3 is 0 Å². The van der Waals surface area contributed by atoms with E-state index in [2.05, 4.69) is 52.0 Å². The smallest absolute Gasteiger partial charge is 0.123 e. The van der Waals surface area contributed by atoms with Crippen molar-refractivity contribution >= 4 is 5.69 Å². The second-order valence-electron chi connectivity index (χ2n) is 5.49. The molecule has 2 heterocycles. The molecule has 1 aliphatic heterocycles. The molecule has 0 aliphatic carbocycles. The van der Waals surface area contributed by atoms with Gasteiger partial charge in [-0.25, -0.2) is 0 Å². The van der Waals surface area contributed by atoms with Gasteiger partial charge in [0.25, 0.3) is 0 Å². The van der Waals surface area contributed by atoms with Gasteiger partial charge in [0.2, 0.25) is 0 Å². The Balaban J connectivity index is 1.63. The molecule has 1 aliphatic rings. The zero-order valence-electron chi connectivity index (χ0n) is 11.8. The Labute approximate surface area is 119 Å². The molecule has 0 radical (unpaired) electrons. The summed E-state index contributed by atoms with van der Waals surface area (Å²) in [7, 11) is 0. The van der Waals surface area contributed by atoms with Crippen molar-refractivity contribution < 1.29 is 0 Å². The van der Waals surface area contributed by atoms with E-state index in [-0.39, 0.29) is 0 Å². The van der Waals surface area contributed by atoms with Crippen LogP contribution >= 0.6 is 0 Å². The standard InChI is InChI=1S/C15H21N5/c1-12(8-13-5-3-7-16-13)19-14-4-2-6-15(9-14)20-10-17-18-11-20/h2,4,6,9-13,16,19H,3,5,7-8H2,1H3. The molecule has 0 spiro atoms. The van der Waals surface area contributed by atoms with Gasteiger partial charge in [0.05, 0.1) is 5.69 Å². The van der Waals surface area contributed by atoms with Crippen molar-refractivity contribution in [3.05, 3.63) is 36.9 Å². The molecule has 0 bridgehead atoms. The van der Waals surface area contributed by atoms with E-state index in [4.69, 9.17) is 0 Å². The van der Waals surface area contributed by atoms with E-state index in [1.807, 2.05) is 4.57 Å². The zero-order valence-corrected chi connectivity index (χ0v) is 11.8. The summed E-state index contributed by atoms with van der Waals surface area (Å²) in [5.74, 6) is 0. The lowest BCUT2D eigenvalue weighted by atomic mass is 10.1. The van der Waals surface area contributed by atoms with Crippen LogP contribution in [-0.4, -0.2) is 33.4 Å². The van der Waals surface area contributed by atoms with Crippen LogP contribution in [0.3, 0.4) is 0 Å². The van der Waals surface area contributed by atoms with Crippen LogP contribution in [0.1, 0.15) is 26.2 Å². The average Bonchev–Trinajstić information content (AvgIpc) is 3.11. The van der Waals surface area contributed by atoms with Crippen molar-refractivity contribution in [2.75, 3.05) is 11.9 Å². The minimum atomic E-state index is 0.460. The molecule has 1 fully saturated rings. The van der Waals surface area contributed by atoms with Gasteiger partial charge in [0.1, 0.15) is 12.7 Å². The number of hydrogen-bond donors (Lipinski definition) is 2. The summed E-state index contributed by atoms with van der Waals surface area (Å²) in [5, 5.41) is 14.8. The Kier molecular flexibility index (Phi) is 3.97. The minimum Gasteiger partial charge on any atom is -0.382 e. The molecule has 3 rings (SSSR count). The molecule has 2 N–H and O–H groups in total. The maximum absolute atomic E-state index is 3.84. The number of rotatable bonds is 5. The molecule has 5 nitrogen and oxygen atoms in total. The monoisotopic (exact) mass is 271 g/mol. The molecule has 2 atom stereocenters. The molecular weight excluding hydrogens is 250 g/mol. The number of nitrogens with one attached hydrogen (secondary N) is 2. The lowest BCUT2D eigenvalue weighted by molar-refractivity contribution is 0.523. The highest BCUT2D eigenvalue weighted by molar-refractivity contribution is 5.51. The second kappa shape index (κ2) is 6.05. The van der Waals surface area contributed by atoms with Crippen molar-refractivity contribution in [2.45, 2.75) is 38.3 Å². The Morgan fingerprint density at radius 2 is 2.25 bits per heavy atom. The van der Waals surface area contributed by atoms with Crippen LogP contribution in [0.25, 0.3) is 5.69 Å². The van der Waals surface area contributed by atoms with Crippen molar-refractivity contribution in [3.8, 4) is 5.69 Å². The lowest BCUT2D eigenvalue weighted by Crippen LogP contribution is -2.29. The molecule has 20 heavy (non-hydrogen) atoms. The van der Waals surface area contributed by atoms with E-state index < -0.39 is 0 Å². The minimum absolute atomic E-state index is 0.460. The highest BCUT2D eigenvalue weighted by Gasteiger charge is 2.16. The fraction of sp³-hybridized carbons (Fsp3) is 0.467. The van der Waals surface area contributed by atoms with E-state index in [9.17, 15) is 0 Å². The van der Waals surface area contributed by atoms with Crippen molar-refractivity contribution in [1.29, 1.82) is 0 Å². The molecular formula is C15H21N5. The number of aromatic nitrogens is 3. The maximum Gasteiger partial charge on any atom is 0.123 e. The fourth-order valence-electron chi connectivity index (χ4n) is 2.82. The van der Waals surface area contributed by atoms with Crippen LogP contribution in [0.4, 0.5) is 5.69 Å². The molecule has 0 amide bonds. The first-order valence-electron chi connectivity index (χ1n) is 7.26. The van der Waals surface area contributed by atoms with E-state index in [0.717, 1.165) is 17.8 Å². The number of hydrogen-bond acceptors (Lipinski definition) is 4. The third-order valence-electron chi connectivity index (χ3n) is 3.78. The second-order valence-corrected chi connectivity index (χ2v) is 5.49. The number of nitrogens with zero attached hydrogens (tertiary/aromatic N) is 3. The Bertz CT molecular complexity index is 531. The molecule has 1 saturated heterocycles. The van der Waals surface area contributed by atoms with Gasteiger partial charge in [-0.2, -0.15) is 0 Å². The predicted octanol–water partition coefficient (Wildman–Crippen LogP) is 2.21. The summed E-state index contributed by atoms with van der Waals surface area (Å²) in [6.45, 7) is 3.41. The van der Waals surface area contributed by atoms with Crippen LogP contribution in [-0.2, 0) is 0 Å². The normalized spacial score (nSPS) is 19.9. The van der Waals surface area contributed by atoms with E-state index in [1.54, 1.807) is 12.7 Å². The highest BCUT2D eigenvalue weighted by atomic mass is 15.2. The van der Waals surface area contributed by atoms with E-state index in [1.165, 1.54) is 19.4 Å². The van der Waals surface area contributed by atoms with Gasteiger partial charge in [-0.1, -0.05) is 6.07 Å². The fourth-order valence-corrected chi connectivity index (χ4v) is 2.82. The summed E-state index contributed by atoms with van der Waals surface area (Å²) >= 11 is 0. The van der Waals surface area contributed by atoms with Crippen LogP contribution in [0, 0.1) is 0 Å². The summed E-state index contributed by atoms with van der Waals surface area (Å²) in [4.78, 5) is 0. The van der Waals surface area contributed by atoms with Gasteiger partial charge in [-0.05, 0) is 50.9 Å². The highest BCUT2D eigenvalue weighted by Crippen LogP contribution is 2.17. The van der Waals surface area contributed by atoms with Gasteiger partial charge in [0.15, 0.2) is 0 Å². The Morgan fingerprint density at radius 3 is 3.00 bits per heavy atom. The third kappa shape index (κ3) is 3.17. The third-order valence-corrected chi connectivity index (χ3v) is 3.78. The van der Waals surface area contributed by atoms with Crippen LogP contribution in [0.5, 0.6) is 0 Å². The van der Waals surface area contributed by atoms with Crippen molar-refractivity contribution in [2.24, 2.45) is 0 Å². The maximum atomic E-state index is 3.84. The van der Waals surface area contributed by atoms with Crippen LogP contribution in [0.15, 0.2) is 36.9 Å². The largest absolute Gasteiger partial charge is 0.382 e. The van der Waals surface area contributed by atoms with Crippen molar-refractivity contribution in [1.82, 2.24) is 20.1 Å². The first-order chi connectivity index (χ1) is 9.81. The quantitative estimate of drug-likeness (QED) is 0.875. The molecule has 0 saturated carbocycles. The summed E-state index contributed by atoms with van der Waals surface area (Å²) < 4.78 is 1.91. The molecule has 1 aromatic carbocycles. The molecule has 106 valence electrons. The molecule has 5 heteroatoms. The van der Waals surface area contributed by atoms with Gasteiger partial charge in [0, 0.05) is 17.8 Å². The van der Waals surface area contributed by atoms with E-state index >= 15 is 0 Å². The summed E-state index contributed by atoms with van der Waals surface area (Å²) in [6.07, 6.45) is 7.19. The van der Waals surface area contributed by atoms with Crippen LogP contribution in [0.2, 0.25) is 0 Å². The first kappa shape index (κ1) is 13.1. The topological polar surface area (TPSA) is 54.8 Å². The molecule has 2 unspecified atom stereocenters. The van der Waals surface area contributed by atoms with Gasteiger partial charge < -0.3 is 10.6 Å². The Morgan fingerprint density at radius 1 is 1.40 bits per heavy atom. The lowest BCUT2D eigenvalue weighted by Gasteiger charge is -2.19. The van der Waals surface area contributed by atoms with Gasteiger partial charge in [-0.15, -0.1) is 10.2 Å². The van der Waals surface area contributed by atoms with Crippen LogP contribution < -0.4 is 10.6 Å². The van der Waals surface area contributed by atoms with E-state index in [0.29, 0.717) is 12.1 Å².